The summed E-state index contributed by atoms with van der Waals surface area (Å²) in [5.74, 6) is 1.04. The van der Waals surface area contributed by atoms with E-state index in [-0.39, 0.29) is 5.25 Å². The first-order valence-corrected chi connectivity index (χ1v) is 5.70. The Labute approximate surface area is 67.0 Å². The van der Waals surface area contributed by atoms with E-state index in [4.69, 9.17) is 5.14 Å². The lowest BCUT2D eigenvalue weighted by molar-refractivity contribution is 0.465. The highest BCUT2D eigenvalue weighted by Gasteiger charge is 2.44. The lowest BCUT2D eigenvalue weighted by Crippen LogP contribution is -2.32. The minimum atomic E-state index is -3.23. The maximum Gasteiger partial charge on any atom is 0.212 e. The molecular formula is C7H13NO2S. The molecule has 11 heavy (non-hydrogen) atoms. The second-order valence-electron chi connectivity index (χ2n) is 3.80. The summed E-state index contributed by atoms with van der Waals surface area (Å²) in [6.45, 7) is 0. The number of nitrogens with two attached hydrogens (primary N) is 1. The minimum absolute atomic E-state index is 0.207. The standard InChI is InChI=1S/C7H13NO2S/c8-11(9,10)7-4-5-1-2-6(7)3-5/h5-7H,1-4H2,(H2,8,9,10)/t5-,6+,7+/m1/s1. The van der Waals surface area contributed by atoms with Gasteiger partial charge >= 0.3 is 0 Å². The highest BCUT2D eigenvalue weighted by Crippen LogP contribution is 2.46. The molecule has 0 aromatic carbocycles. The van der Waals surface area contributed by atoms with Crippen LogP contribution in [-0.2, 0) is 10.0 Å². The maximum atomic E-state index is 11.0. The molecule has 0 aromatic heterocycles. The van der Waals surface area contributed by atoms with Crippen LogP contribution in [0.2, 0.25) is 0 Å². The smallest absolute Gasteiger partial charge is 0.212 e. The van der Waals surface area contributed by atoms with Crippen LogP contribution < -0.4 is 5.14 Å². The Hall–Kier alpha value is -0.0900. The molecule has 2 rings (SSSR count). The molecule has 3 atom stereocenters. The third-order valence-electron chi connectivity index (χ3n) is 3.10. The van der Waals surface area contributed by atoms with Crippen molar-refractivity contribution in [3.8, 4) is 0 Å². The van der Waals surface area contributed by atoms with Crippen molar-refractivity contribution in [3.05, 3.63) is 0 Å². The summed E-state index contributed by atoms with van der Waals surface area (Å²) < 4.78 is 22.0. The van der Waals surface area contributed by atoms with Crippen molar-refractivity contribution in [1.29, 1.82) is 0 Å². The molecule has 2 fully saturated rings. The lowest BCUT2D eigenvalue weighted by atomic mass is 10.0. The van der Waals surface area contributed by atoms with Crippen molar-refractivity contribution in [2.45, 2.75) is 30.9 Å². The topological polar surface area (TPSA) is 60.2 Å². The molecule has 0 aliphatic heterocycles. The van der Waals surface area contributed by atoms with E-state index in [0.29, 0.717) is 11.8 Å². The van der Waals surface area contributed by atoms with Gasteiger partial charge in [0.25, 0.3) is 0 Å². The highest BCUT2D eigenvalue weighted by molar-refractivity contribution is 7.89. The second kappa shape index (κ2) is 2.20. The molecule has 2 bridgehead atoms. The molecule has 0 saturated heterocycles. The van der Waals surface area contributed by atoms with Gasteiger partial charge in [0, 0.05) is 0 Å². The van der Waals surface area contributed by atoms with Crippen molar-refractivity contribution in [1.82, 2.24) is 0 Å². The average molecular weight is 175 g/mol. The van der Waals surface area contributed by atoms with Gasteiger partial charge in [-0.1, -0.05) is 6.42 Å². The first-order valence-electron chi connectivity index (χ1n) is 4.09. The number of fused-ring (bicyclic) bond motifs is 2. The van der Waals surface area contributed by atoms with Crippen LogP contribution in [0, 0.1) is 11.8 Å². The van der Waals surface area contributed by atoms with Crippen LogP contribution >= 0.6 is 0 Å². The first-order chi connectivity index (χ1) is 5.07. The van der Waals surface area contributed by atoms with Gasteiger partial charge < -0.3 is 0 Å². The van der Waals surface area contributed by atoms with E-state index in [1.807, 2.05) is 0 Å². The van der Waals surface area contributed by atoms with Crippen LogP contribution in [-0.4, -0.2) is 13.7 Å². The fourth-order valence-corrected chi connectivity index (χ4v) is 3.91. The monoisotopic (exact) mass is 175 g/mol. The van der Waals surface area contributed by atoms with E-state index in [0.717, 1.165) is 19.3 Å². The van der Waals surface area contributed by atoms with Crippen LogP contribution in [0.5, 0.6) is 0 Å². The van der Waals surface area contributed by atoms with E-state index in [2.05, 4.69) is 0 Å². The Bertz CT molecular complexity index is 260. The van der Waals surface area contributed by atoms with Crippen molar-refractivity contribution in [2.24, 2.45) is 17.0 Å². The van der Waals surface area contributed by atoms with Gasteiger partial charge in [0.1, 0.15) is 0 Å². The van der Waals surface area contributed by atoms with Crippen LogP contribution in [0.1, 0.15) is 25.7 Å². The lowest BCUT2D eigenvalue weighted by Gasteiger charge is -2.18. The predicted molar refractivity (Wildman–Crippen MR) is 42.3 cm³/mol. The summed E-state index contributed by atoms with van der Waals surface area (Å²) >= 11 is 0. The minimum Gasteiger partial charge on any atom is -0.228 e. The number of hydrogen-bond acceptors (Lipinski definition) is 2. The first kappa shape index (κ1) is 7.55. The van der Waals surface area contributed by atoms with Crippen LogP contribution in [0.3, 0.4) is 0 Å². The van der Waals surface area contributed by atoms with Crippen LogP contribution in [0.15, 0.2) is 0 Å². The molecule has 2 saturated carbocycles. The molecule has 2 aliphatic rings. The zero-order valence-electron chi connectivity index (χ0n) is 6.36. The van der Waals surface area contributed by atoms with Gasteiger partial charge in [-0.2, -0.15) is 0 Å². The van der Waals surface area contributed by atoms with E-state index >= 15 is 0 Å². The molecule has 0 unspecified atom stereocenters. The van der Waals surface area contributed by atoms with Gasteiger partial charge in [-0.3, -0.25) is 0 Å². The maximum absolute atomic E-state index is 11.0. The van der Waals surface area contributed by atoms with Gasteiger partial charge in [0.2, 0.25) is 10.0 Å². The van der Waals surface area contributed by atoms with E-state index in [1.165, 1.54) is 6.42 Å². The highest BCUT2D eigenvalue weighted by atomic mass is 32.2. The Kier molecular flexibility index (Phi) is 1.51. The zero-order chi connectivity index (χ0) is 8.06. The molecule has 0 amide bonds. The normalized spacial score (nSPS) is 43.2. The SMILES string of the molecule is NS(=O)(=O)[C@H]1C[C@@H]2CC[C@H]1C2. The molecule has 2 aliphatic carbocycles. The van der Waals surface area contributed by atoms with Gasteiger partial charge in [0.15, 0.2) is 0 Å². The summed E-state index contributed by atoms with van der Waals surface area (Å²) in [4.78, 5) is 0. The fourth-order valence-electron chi connectivity index (χ4n) is 2.59. The molecule has 0 aromatic rings. The molecule has 0 spiro atoms. The van der Waals surface area contributed by atoms with E-state index < -0.39 is 10.0 Å². The number of sulfonamides is 1. The number of rotatable bonds is 1. The predicted octanol–water partition coefficient (Wildman–Crippen LogP) is 0.464. The van der Waals surface area contributed by atoms with Gasteiger partial charge in [0.05, 0.1) is 5.25 Å². The molecule has 4 heteroatoms. The summed E-state index contributed by atoms with van der Waals surface area (Å²) in [6.07, 6.45) is 4.22. The van der Waals surface area contributed by atoms with Crippen molar-refractivity contribution in [3.63, 3.8) is 0 Å². The number of hydrogen-bond donors (Lipinski definition) is 1. The van der Waals surface area contributed by atoms with Crippen molar-refractivity contribution in [2.75, 3.05) is 0 Å². The molecule has 0 radical (unpaired) electrons. The van der Waals surface area contributed by atoms with E-state index in [1.54, 1.807) is 0 Å². The third-order valence-corrected chi connectivity index (χ3v) is 4.52. The number of primary sulfonamides is 1. The summed E-state index contributed by atoms with van der Waals surface area (Å²) in [7, 11) is -3.23. The van der Waals surface area contributed by atoms with E-state index in [9.17, 15) is 8.42 Å². The Morgan fingerprint density at radius 1 is 1.18 bits per heavy atom. The average Bonchev–Trinajstić information content (AvgIpc) is 2.42. The summed E-state index contributed by atoms with van der Waals surface area (Å²) in [5, 5.41) is 4.89. The molecular weight excluding hydrogens is 162 g/mol. The Balaban J connectivity index is 2.21. The molecule has 0 heterocycles. The van der Waals surface area contributed by atoms with Crippen molar-refractivity contribution < 1.29 is 8.42 Å². The summed E-state index contributed by atoms with van der Waals surface area (Å²) in [5.41, 5.74) is 0. The Morgan fingerprint density at radius 2 is 1.91 bits per heavy atom. The molecule has 3 nitrogen and oxygen atoms in total. The Morgan fingerprint density at radius 3 is 2.18 bits per heavy atom. The second-order valence-corrected chi connectivity index (χ2v) is 5.59. The summed E-state index contributed by atoms with van der Waals surface area (Å²) in [6, 6.07) is 0. The molecule has 2 N–H and O–H groups in total. The zero-order valence-corrected chi connectivity index (χ0v) is 7.18. The van der Waals surface area contributed by atoms with Gasteiger partial charge in [-0.15, -0.1) is 0 Å². The van der Waals surface area contributed by atoms with Gasteiger partial charge in [-0.05, 0) is 31.1 Å². The van der Waals surface area contributed by atoms with Gasteiger partial charge in [-0.25, -0.2) is 13.6 Å². The largest absolute Gasteiger partial charge is 0.228 e. The quantitative estimate of drug-likeness (QED) is 0.629. The fraction of sp³-hybridized carbons (Fsp3) is 1.00. The van der Waals surface area contributed by atoms with Crippen molar-refractivity contribution >= 4 is 10.0 Å². The molecule has 64 valence electrons. The third kappa shape index (κ3) is 1.18. The van der Waals surface area contributed by atoms with Crippen LogP contribution in [0.25, 0.3) is 0 Å². The van der Waals surface area contributed by atoms with Crippen LogP contribution in [0.4, 0.5) is 0 Å².